The fourth-order valence-electron chi connectivity index (χ4n) is 3.73. The van der Waals surface area contributed by atoms with Gasteiger partial charge in [0, 0.05) is 13.6 Å². The van der Waals surface area contributed by atoms with Crippen LogP contribution in [-0.4, -0.2) is 53.8 Å². The van der Waals surface area contributed by atoms with Crippen LogP contribution in [0.15, 0.2) is 76.5 Å². The Hall–Kier alpha value is -2.36. The topological polar surface area (TPSA) is 98.0 Å². The van der Waals surface area contributed by atoms with Crippen molar-refractivity contribution in [2.75, 3.05) is 26.7 Å². The van der Waals surface area contributed by atoms with Crippen LogP contribution in [0, 0.1) is 20.6 Å². The van der Waals surface area contributed by atoms with Crippen LogP contribution in [0.5, 0.6) is 0 Å². The molecule has 174 valence electrons. The van der Waals surface area contributed by atoms with E-state index < -0.39 is 0 Å². The average Bonchev–Trinajstić information content (AvgIpc) is 2.82. The summed E-state index contributed by atoms with van der Waals surface area (Å²) in [6.45, 7) is 4.85. The normalized spacial score (nSPS) is 12.2. The summed E-state index contributed by atoms with van der Waals surface area (Å²) in [6.07, 6.45) is 1.17. The molecule has 33 heavy (non-hydrogen) atoms. The quantitative estimate of drug-likeness (QED) is 0.225. The van der Waals surface area contributed by atoms with Crippen LogP contribution in [0.4, 0.5) is 0 Å². The maximum atomic E-state index is 11.9. The Kier molecular flexibility index (Phi) is 13.4. The predicted octanol–water partition coefficient (Wildman–Crippen LogP) is 1.56. The zero-order chi connectivity index (χ0) is 23.3. The van der Waals surface area contributed by atoms with E-state index in [2.05, 4.69) is 15.9 Å². The van der Waals surface area contributed by atoms with E-state index in [0.717, 1.165) is 11.1 Å². The minimum absolute atomic E-state index is 0. The van der Waals surface area contributed by atoms with Crippen LogP contribution < -0.4 is 29.6 Å². The second kappa shape index (κ2) is 15.5. The minimum Gasteiger partial charge on any atom is -1.00 e. The maximum absolute atomic E-state index is 11.9. The number of likely N-dealkylation sites (N-methyl/N-ethyl adjacent to an activating group) is 1. The molecule has 0 aliphatic carbocycles. The molecule has 0 aromatic heterocycles. The largest absolute Gasteiger partial charge is 1.00 e. The van der Waals surface area contributed by atoms with Crippen molar-refractivity contribution in [3.05, 3.63) is 86.5 Å². The van der Waals surface area contributed by atoms with Crippen molar-refractivity contribution in [2.45, 2.75) is 38.8 Å². The molecule has 0 bridgehead atoms. The molecule has 0 radical (unpaired) electrons. The van der Waals surface area contributed by atoms with Crippen LogP contribution in [0.1, 0.15) is 26.4 Å². The van der Waals surface area contributed by atoms with Gasteiger partial charge in [0.2, 0.25) is 0 Å². The van der Waals surface area contributed by atoms with Crippen molar-refractivity contribution in [1.29, 1.82) is 0 Å². The molecule has 0 N–H and O–H groups in total. The van der Waals surface area contributed by atoms with E-state index >= 15 is 0 Å². The third-order valence-electron chi connectivity index (χ3n) is 5.56. The monoisotopic (exact) mass is 464 g/mol. The van der Waals surface area contributed by atoms with Gasteiger partial charge in [0.05, 0.1) is 41.0 Å². The van der Waals surface area contributed by atoms with Gasteiger partial charge < -0.3 is 1.43 Å². The van der Waals surface area contributed by atoms with Crippen molar-refractivity contribution in [2.24, 2.45) is 21.8 Å². The van der Waals surface area contributed by atoms with Crippen molar-refractivity contribution in [3.8, 4) is 0 Å². The maximum Gasteiger partial charge on any atom is 1.00 e. The molecule has 0 spiro atoms. The molecule has 0 heterocycles. The summed E-state index contributed by atoms with van der Waals surface area (Å²) < 4.78 is 0. The van der Waals surface area contributed by atoms with Gasteiger partial charge in [-0.2, -0.15) is 0 Å². The number of hydrogen-bond donors (Lipinski definition) is 0. The molecule has 0 aliphatic heterocycles. The molecule has 10 heteroatoms. The molecular formula is C23H33N6NaO3. The molecular weight excluding hydrogens is 431 g/mol. The van der Waals surface area contributed by atoms with Gasteiger partial charge in [0.25, 0.3) is 0 Å². The van der Waals surface area contributed by atoms with Gasteiger partial charge in [-0.15, -0.1) is 14.7 Å². The fourth-order valence-corrected chi connectivity index (χ4v) is 3.73. The second-order valence-corrected chi connectivity index (χ2v) is 8.26. The third-order valence-corrected chi connectivity index (χ3v) is 5.56. The van der Waals surface area contributed by atoms with Gasteiger partial charge in [0.1, 0.15) is 0 Å². The zero-order valence-corrected chi connectivity index (χ0v) is 21.9. The summed E-state index contributed by atoms with van der Waals surface area (Å²) in [7, 11) is 1.56. The summed E-state index contributed by atoms with van der Waals surface area (Å²) in [6, 6.07) is 18.8. The van der Waals surface area contributed by atoms with E-state index in [0.29, 0.717) is 19.4 Å². The van der Waals surface area contributed by atoms with E-state index in [1.54, 1.807) is 7.05 Å². The van der Waals surface area contributed by atoms with Crippen molar-refractivity contribution in [1.82, 2.24) is 15.0 Å². The summed E-state index contributed by atoms with van der Waals surface area (Å²) in [4.78, 5) is 34.6. The Labute approximate surface area is 219 Å². The number of rotatable bonds is 15. The first-order valence-electron chi connectivity index (χ1n) is 10.8. The first-order chi connectivity index (χ1) is 15.5. The molecule has 0 saturated carbocycles. The molecule has 0 saturated heterocycles. The van der Waals surface area contributed by atoms with Crippen LogP contribution in [-0.2, 0) is 12.8 Å². The van der Waals surface area contributed by atoms with Crippen LogP contribution in [0.3, 0.4) is 0 Å². The first-order valence-corrected chi connectivity index (χ1v) is 10.8. The van der Waals surface area contributed by atoms with Gasteiger partial charge in [0.15, 0.2) is 0 Å². The molecule has 2 rings (SSSR count). The SMILES string of the molecule is CC(C)[C@H](CN(N=O)[C@@H](Cc1ccccc1)CN(C)N=O)N(CCc1ccccc1)N=O.[H-].[Na+]. The van der Waals surface area contributed by atoms with Crippen LogP contribution >= 0.6 is 0 Å². The van der Waals surface area contributed by atoms with E-state index in [1.165, 1.54) is 15.0 Å². The van der Waals surface area contributed by atoms with E-state index in [4.69, 9.17) is 0 Å². The molecule has 9 nitrogen and oxygen atoms in total. The molecule has 2 atom stereocenters. The van der Waals surface area contributed by atoms with E-state index in [-0.39, 0.29) is 62.1 Å². The smallest absolute Gasteiger partial charge is 1.00 e. The molecule has 0 aliphatic rings. The number of nitroso groups, excluding NO2 is 3. The van der Waals surface area contributed by atoms with Gasteiger partial charge in [-0.05, 0) is 29.9 Å². The summed E-state index contributed by atoms with van der Waals surface area (Å²) >= 11 is 0. The molecule has 2 aromatic rings. The van der Waals surface area contributed by atoms with E-state index in [9.17, 15) is 14.7 Å². The molecule has 0 fully saturated rings. The van der Waals surface area contributed by atoms with Gasteiger partial charge >= 0.3 is 29.6 Å². The molecule has 0 amide bonds. The van der Waals surface area contributed by atoms with Crippen LogP contribution in [0.2, 0.25) is 0 Å². The standard InChI is InChI=1S/C23H32N6O3.Na.H/c1-19(2)23(28(25-31)15-14-20-10-6-4-7-11-20)18-29(26-32)22(17-27(3)24-30)16-21-12-8-5-9-13-21;;/h4-13,19,22-23H,14-18H2,1-3H3;;/q;+1;-1/t22-,23-;;/m0../s1. The Balaban J connectivity index is 0.00000544. The number of nitrogens with zero attached hydrogens (tertiary/aromatic N) is 6. The number of benzene rings is 2. The van der Waals surface area contributed by atoms with Gasteiger partial charge in [-0.25, -0.2) is 0 Å². The van der Waals surface area contributed by atoms with Crippen molar-refractivity contribution >= 4 is 0 Å². The van der Waals surface area contributed by atoms with Crippen molar-refractivity contribution < 1.29 is 31.0 Å². The Morgan fingerprint density at radius 2 is 1.33 bits per heavy atom. The van der Waals surface area contributed by atoms with Crippen LogP contribution in [0.25, 0.3) is 0 Å². The average molecular weight is 465 g/mol. The number of hydrogen-bond acceptors (Lipinski definition) is 6. The summed E-state index contributed by atoms with van der Waals surface area (Å²) in [5.41, 5.74) is 2.12. The summed E-state index contributed by atoms with van der Waals surface area (Å²) in [5, 5.41) is 13.7. The third kappa shape index (κ3) is 9.57. The zero-order valence-electron chi connectivity index (χ0n) is 20.9. The second-order valence-electron chi connectivity index (χ2n) is 8.26. The van der Waals surface area contributed by atoms with Crippen molar-refractivity contribution in [3.63, 3.8) is 0 Å². The van der Waals surface area contributed by atoms with E-state index in [1.807, 2.05) is 74.5 Å². The Morgan fingerprint density at radius 3 is 1.82 bits per heavy atom. The summed E-state index contributed by atoms with van der Waals surface area (Å²) in [5.74, 6) is 0.0482. The first kappa shape index (κ1) is 28.7. The minimum atomic E-state index is -0.388. The Morgan fingerprint density at radius 1 is 0.788 bits per heavy atom. The molecule has 0 unspecified atom stereocenters. The fraction of sp³-hybridized carbons (Fsp3) is 0.478. The molecule has 2 aromatic carbocycles. The predicted molar refractivity (Wildman–Crippen MR) is 127 cm³/mol. The Bertz CT molecular complexity index is 834. The van der Waals surface area contributed by atoms with Gasteiger partial charge in [-0.3, -0.25) is 15.0 Å². The van der Waals surface area contributed by atoms with Gasteiger partial charge in [-0.1, -0.05) is 74.5 Å².